The second-order valence-electron chi connectivity index (χ2n) is 4.14. The van der Waals surface area contributed by atoms with Gasteiger partial charge in [-0.05, 0) is 32.4 Å². The van der Waals surface area contributed by atoms with Crippen LogP contribution in [0.1, 0.15) is 19.4 Å². The molecule has 104 valence electrons. The van der Waals surface area contributed by atoms with Crippen LogP contribution in [0.2, 0.25) is 0 Å². The van der Waals surface area contributed by atoms with E-state index in [-0.39, 0.29) is 22.8 Å². The maximum atomic E-state index is 13.3. The molecule has 0 fully saturated rings. The molecule has 1 atom stereocenters. The zero-order chi connectivity index (χ0) is 14.6. The SMILES string of the molecule is CCNC(=O)C(C)Nc1cc(C)c(F)cc1[N+](=O)[O-]. The van der Waals surface area contributed by atoms with Crippen molar-refractivity contribution in [1.82, 2.24) is 5.32 Å². The van der Waals surface area contributed by atoms with E-state index in [4.69, 9.17) is 0 Å². The van der Waals surface area contributed by atoms with E-state index in [1.807, 2.05) is 0 Å². The fraction of sp³-hybridized carbons (Fsp3) is 0.417. The average molecular weight is 269 g/mol. The van der Waals surface area contributed by atoms with Crippen LogP contribution < -0.4 is 10.6 Å². The van der Waals surface area contributed by atoms with Gasteiger partial charge in [0.05, 0.1) is 11.0 Å². The Kier molecular flexibility index (Phi) is 4.80. The molecule has 0 radical (unpaired) electrons. The fourth-order valence-corrected chi connectivity index (χ4v) is 1.56. The van der Waals surface area contributed by atoms with Crippen molar-refractivity contribution in [3.63, 3.8) is 0 Å². The Labute approximate surface area is 110 Å². The van der Waals surface area contributed by atoms with Crippen molar-refractivity contribution < 1.29 is 14.1 Å². The molecule has 2 N–H and O–H groups in total. The molecule has 1 aromatic carbocycles. The molecule has 1 rings (SSSR count). The molecule has 0 saturated carbocycles. The molecule has 0 aliphatic rings. The van der Waals surface area contributed by atoms with Crippen LogP contribution in [0.15, 0.2) is 12.1 Å². The van der Waals surface area contributed by atoms with Gasteiger partial charge in [0.25, 0.3) is 5.69 Å². The van der Waals surface area contributed by atoms with E-state index in [1.54, 1.807) is 13.8 Å². The number of benzene rings is 1. The highest BCUT2D eigenvalue weighted by Gasteiger charge is 2.20. The molecule has 0 saturated heterocycles. The van der Waals surface area contributed by atoms with Gasteiger partial charge in [-0.2, -0.15) is 0 Å². The Morgan fingerprint density at radius 2 is 2.16 bits per heavy atom. The smallest absolute Gasteiger partial charge is 0.295 e. The summed E-state index contributed by atoms with van der Waals surface area (Å²) in [5.74, 6) is -0.929. The molecule has 19 heavy (non-hydrogen) atoms. The molecule has 7 heteroatoms. The van der Waals surface area contributed by atoms with Crippen molar-refractivity contribution in [2.45, 2.75) is 26.8 Å². The second kappa shape index (κ2) is 6.12. The molecular weight excluding hydrogens is 253 g/mol. The highest BCUT2D eigenvalue weighted by molar-refractivity contribution is 5.85. The van der Waals surface area contributed by atoms with Gasteiger partial charge < -0.3 is 10.6 Å². The molecule has 0 aliphatic heterocycles. The lowest BCUT2D eigenvalue weighted by Gasteiger charge is -2.15. The first-order valence-corrected chi connectivity index (χ1v) is 5.85. The molecule has 0 heterocycles. The lowest BCUT2D eigenvalue weighted by Crippen LogP contribution is -2.37. The molecule has 1 aromatic rings. The first-order chi connectivity index (χ1) is 8.86. The normalized spacial score (nSPS) is 11.8. The Hall–Kier alpha value is -2.18. The molecular formula is C12H16FN3O3. The first-order valence-electron chi connectivity index (χ1n) is 5.85. The number of likely N-dealkylation sites (N-methyl/N-ethyl adjacent to an activating group) is 1. The van der Waals surface area contributed by atoms with Crippen LogP contribution in [-0.4, -0.2) is 23.4 Å². The zero-order valence-corrected chi connectivity index (χ0v) is 11.0. The number of nitro benzene ring substituents is 1. The summed E-state index contributed by atoms with van der Waals surface area (Å²) in [7, 11) is 0. The molecule has 0 spiro atoms. The first kappa shape index (κ1) is 14.9. The number of aryl methyl sites for hydroxylation is 1. The van der Waals surface area contributed by atoms with E-state index >= 15 is 0 Å². The number of hydrogen-bond acceptors (Lipinski definition) is 4. The van der Waals surface area contributed by atoms with Gasteiger partial charge in [0.1, 0.15) is 17.5 Å². The minimum Gasteiger partial charge on any atom is -0.368 e. The summed E-state index contributed by atoms with van der Waals surface area (Å²) in [6, 6.07) is 1.52. The molecule has 0 bridgehead atoms. The van der Waals surface area contributed by atoms with Gasteiger partial charge in [-0.3, -0.25) is 14.9 Å². The van der Waals surface area contributed by atoms with Crippen molar-refractivity contribution in [2.24, 2.45) is 0 Å². The third kappa shape index (κ3) is 3.64. The van der Waals surface area contributed by atoms with Crippen LogP contribution >= 0.6 is 0 Å². The van der Waals surface area contributed by atoms with Gasteiger partial charge in [-0.15, -0.1) is 0 Å². The lowest BCUT2D eigenvalue weighted by molar-refractivity contribution is -0.384. The van der Waals surface area contributed by atoms with Crippen LogP contribution in [0.3, 0.4) is 0 Å². The van der Waals surface area contributed by atoms with Crippen molar-refractivity contribution >= 4 is 17.3 Å². The van der Waals surface area contributed by atoms with E-state index < -0.39 is 16.8 Å². The maximum Gasteiger partial charge on any atom is 0.295 e. The van der Waals surface area contributed by atoms with E-state index in [1.165, 1.54) is 13.0 Å². The Bertz CT molecular complexity index is 505. The van der Waals surface area contributed by atoms with Gasteiger partial charge >= 0.3 is 0 Å². The molecule has 0 aromatic heterocycles. The number of nitrogens with zero attached hydrogens (tertiary/aromatic N) is 1. The number of amides is 1. The molecule has 6 nitrogen and oxygen atoms in total. The minimum atomic E-state index is -0.685. The van der Waals surface area contributed by atoms with Crippen LogP contribution in [0.5, 0.6) is 0 Å². The standard InChI is InChI=1S/C12H16FN3O3/c1-4-14-12(17)8(3)15-10-5-7(2)9(13)6-11(10)16(18)19/h5-6,8,15H,4H2,1-3H3,(H,14,17). The van der Waals surface area contributed by atoms with Crippen molar-refractivity contribution in [3.8, 4) is 0 Å². The summed E-state index contributed by atoms with van der Waals surface area (Å²) in [6.07, 6.45) is 0. The van der Waals surface area contributed by atoms with Gasteiger partial charge in [0.15, 0.2) is 0 Å². The van der Waals surface area contributed by atoms with Gasteiger partial charge in [0, 0.05) is 6.54 Å². The summed E-state index contributed by atoms with van der Waals surface area (Å²) in [5.41, 5.74) is 0.0121. The van der Waals surface area contributed by atoms with E-state index in [0.29, 0.717) is 6.54 Å². The number of rotatable bonds is 5. The topological polar surface area (TPSA) is 84.3 Å². The van der Waals surface area contributed by atoms with Crippen LogP contribution in [0.4, 0.5) is 15.8 Å². The summed E-state index contributed by atoms with van der Waals surface area (Å²) in [5, 5.41) is 16.2. The Morgan fingerprint density at radius 3 is 2.68 bits per heavy atom. The maximum absolute atomic E-state index is 13.3. The average Bonchev–Trinajstić information content (AvgIpc) is 2.33. The Balaban J connectivity index is 3.03. The van der Waals surface area contributed by atoms with E-state index in [9.17, 15) is 19.3 Å². The summed E-state index contributed by atoms with van der Waals surface area (Å²) < 4.78 is 13.3. The largest absolute Gasteiger partial charge is 0.368 e. The number of carbonyl (C=O) groups excluding carboxylic acids is 1. The van der Waals surface area contributed by atoms with Crippen molar-refractivity contribution in [2.75, 3.05) is 11.9 Å². The quantitative estimate of drug-likeness (QED) is 0.632. The monoisotopic (exact) mass is 269 g/mol. The zero-order valence-electron chi connectivity index (χ0n) is 11.0. The number of nitro groups is 1. The molecule has 0 aliphatic carbocycles. The fourth-order valence-electron chi connectivity index (χ4n) is 1.56. The third-order valence-electron chi connectivity index (χ3n) is 2.59. The van der Waals surface area contributed by atoms with Gasteiger partial charge in [-0.25, -0.2) is 4.39 Å². The highest BCUT2D eigenvalue weighted by atomic mass is 19.1. The summed E-state index contributed by atoms with van der Waals surface area (Å²) >= 11 is 0. The van der Waals surface area contributed by atoms with Gasteiger partial charge in [0.2, 0.25) is 5.91 Å². The summed E-state index contributed by atoms with van der Waals surface area (Å²) in [4.78, 5) is 21.7. The van der Waals surface area contributed by atoms with Crippen LogP contribution in [-0.2, 0) is 4.79 Å². The van der Waals surface area contributed by atoms with E-state index in [2.05, 4.69) is 10.6 Å². The number of hydrogen-bond donors (Lipinski definition) is 2. The van der Waals surface area contributed by atoms with Crippen molar-refractivity contribution in [3.05, 3.63) is 33.6 Å². The predicted molar refractivity (Wildman–Crippen MR) is 69.6 cm³/mol. The third-order valence-corrected chi connectivity index (χ3v) is 2.59. The summed E-state index contributed by atoms with van der Waals surface area (Å²) in [6.45, 7) is 5.32. The number of nitrogens with one attached hydrogen (secondary N) is 2. The number of anilines is 1. The van der Waals surface area contributed by atoms with Crippen LogP contribution in [0.25, 0.3) is 0 Å². The van der Waals surface area contributed by atoms with Crippen LogP contribution in [0, 0.1) is 22.9 Å². The lowest BCUT2D eigenvalue weighted by atomic mass is 10.1. The Morgan fingerprint density at radius 1 is 1.53 bits per heavy atom. The van der Waals surface area contributed by atoms with Gasteiger partial charge in [-0.1, -0.05) is 0 Å². The molecule has 1 unspecified atom stereocenters. The number of carbonyl (C=O) groups is 1. The van der Waals surface area contributed by atoms with E-state index in [0.717, 1.165) is 6.07 Å². The molecule has 1 amide bonds. The minimum absolute atomic E-state index is 0.127. The predicted octanol–water partition coefficient (Wildman–Crippen LogP) is 1.98. The second-order valence-corrected chi connectivity index (χ2v) is 4.14. The highest BCUT2D eigenvalue weighted by Crippen LogP contribution is 2.28. The van der Waals surface area contributed by atoms with Crippen molar-refractivity contribution in [1.29, 1.82) is 0 Å². The number of halogens is 1.